The van der Waals surface area contributed by atoms with E-state index in [4.69, 9.17) is 0 Å². The fourth-order valence-electron chi connectivity index (χ4n) is 2.53. The number of allylic oxidation sites excluding steroid dienone is 2. The summed E-state index contributed by atoms with van der Waals surface area (Å²) in [7, 11) is -6.00. The largest absolute Gasteiger partial charge is 0.673 e. The summed E-state index contributed by atoms with van der Waals surface area (Å²) in [5.74, 6) is -0.499. The average molecular weight is 316 g/mol. The molecule has 0 spiro atoms. The van der Waals surface area contributed by atoms with Gasteiger partial charge in [-0.2, -0.15) is 0 Å². The van der Waals surface area contributed by atoms with Crippen LogP contribution in [-0.2, 0) is 9.59 Å². The van der Waals surface area contributed by atoms with Crippen LogP contribution in [0.1, 0.15) is 12.8 Å². The number of hydrogen-bond acceptors (Lipinski definition) is 2. The second-order valence-corrected chi connectivity index (χ2v) is 4.89. The quantitative estimate of drug-likeness (QED) is 0.261. The van der Waals surface area contributed by atoms with Gasteiger partial charge in [0, 0.05) is 12.1 Å². The summed E-state index contributed by atoms with van der Waals surface area (Å²) in [5, 5.41) is 1.27. The minimum absolute atomic E-state index is 0.0828. The first-order valence-corrected chi connectivity index (χ1v) is 6.66. The van der Waals surface area contributed by atoms with E-state index in [1.54, 1.807) is 29.2 Å². The minimum atomic E-state index is -6.00. The fourth-order valence-corrected chi connectivity index (χ4v) is 2.53. The fraction of sp³-hybridized carbons (Fsp3) is 0.308. The first-order chi connectivity index (χ1) is 10.3. The molecule has 1 fully saturated rings. The Kier molecular flexibility index (Phi) is 4.63. The Morgan fingerprint density at radius 3 is 1.73 bits per heavy atom. The number of imide groups is 1. The van der Waals surface area contributed by atoms with Crippen molar-refractivity contribution in [3.63, 3.8) is 0 Å². The van der Waals surface area contributed by atoms with Gasteiger partial charge in [-0.05, 0) is 17.9 Å². The summed E-state index contributed by atoms with van der Waals surface area (Å²) in [5.41, 5.74) is 0. The number of hydrogen-bond donors (Lipinski definition) is 0. The Labute approximate surface area is 124 Å². The standard InChI is InChI=1S/C13H13N2O2.BF4/c16-12-10-6-2-3-7-11(10)13(17)15(12)14-8-4-1-5-9-14;2-1(3,4)5/h1-5,8-11H,6-7H2;/q+1;-1. The van der Waals surface area contributed by atoms with E-state index in [0.717, 1.165) is 0 Å². The van der Waals surface area contributed by atoms with Crippen molar-refractivity contribution in [1.29, 1.82) is 0 Å². The smallest absolute Gasteiger partial charge is 0.418 e. The maximum absolute atomic E-state index is 12.2. The number of aromatic nitrogens is 1. The van der Waals surface area contributed by atoms with Crippen molar-refractivity contribution in [2.45, 2.75) is 12.8 Å². The molecule has 0 bridgehead atoms. The van der Waals surface area contributed by atoms with Gasteiger partial charge >= 0.3 is 7.25 Å². The van der Waals surface area contributed by atoms with E-state index in [1.807, 2.05) is 18.2 Å². The number of fused-ring (bicyclic) bond motifs is 1. The van der Waals surface area contributed by atoms with Crippen molar-refractivity contribution in [3.05, 3.63) is 42.7 Å². The van der Waals surface area contributed by atoms with Crippen molar-refractivity contribution in [3.8, 4) is 0 Å². The Balaban J connectivity index is 0.000000309. The molecule has 1 aromatic heterocycles. The lowest BCUT2D eigenvalue weighted by atomic mass is 9.85. The lowest BCUT2D eigenvalue weighted by Crippen LogP contribution is -2.60. The van der Waals surface area contributed by atoms with Gasteiger partial charge in [0.25, 0.3) is 11.8 Å². The van der Waals surface area contributed by atoms with Gasteiger partial charge in [-0.25, -0.2) is 0 Å². The van der Waals surface area contributed by atoms with Crippen LogP contribution in [0, 0.1) is 11.8 Å². The van der Waals surface area contributed by atoms with Crippen molar-refractivity contribution >= 4 is 19.1 Å². The molecule has 0 aromatic carbocycles. The van der Waals surface area contributed by atoms with Gasteiger partial charge in [0.05, 0.1) is 11.8 Å². The van der Waals surface area contributed by atoms with Crippen LogP contribution in [0.5, 0.6) is 0 Å². The molecule has 1 saturated heterocycles. The molecule has 0 saturated carbocycles. The van der Waals surface area contributed by atoms with Gasteiger partial charge in [0.2, 0.25) is 12.4 Å². The molecule has 118 valence electrons. The number of amides is 2. The number of pyridine rings is 1. The number of nitrogens with zero attached hydrogens (tertiary/aromatic N) is 2. The lowest BCUT2D eigenvalue weighted by molar-refractivity contribution is -0.673. The van der Waals surface area contributed by atoms with Crippen LogP contribution in [0.3, 0.4) is 0 Å². The highest BCUT2D eigenvalue weighted by atomic mass is 19.5. The van der Waals surface area contributed by atoms with Crippen molar-refractivity contribution in [1.82, 2.24) is 0 Å². The van der Waals surface area contributed by atoms with E-state index in [-0.39, 0.29) is 23.7 Å². The molecule has 22 heavy (non-hydrogen) atoms. The van der Waals surface area contributed by atoms with E-state index in [2.05, 4.69) is 0 Å². The van der Waals surface area contributed by atoms with Crippen LogP contribution >= 0.6 is 0 Å². The molecule has 4 nitrogen and oxygen atoms in total. The summed E-state index contributed by atoms with van der Waals surface area (Å²) >= 11 is 0. The van der Waals surface area contributed by atoms with E-state index >= 15 is 0 Å². The molecule has 2 unspecified atom stereocenters. The molecule has 2 amide bonds. The predicted molar refractivity (Wildman–Crippen MR) is 70.4 cm³/mol. The Morgan fingerprint density at radius 2 is 1.32 bits per heavy atom. The maximum Gasteiger partial charge on any atom is 0.673 e. The van der Waals surface area contributed by atoms with E-state index in [0.29, 0.717) is 12.8 Å². The Hall–Kier alpha value is -2.19. The van der Waals surface area contributed by atoms with Gasteiger partial charge in [-0.3, -0.25) is 9.59 Å². The number of halogens is 4. The highest BCUT2D eigenvalue weighted by Crippen LogP contribution is 2.32. The van der Waals surface area contributed by atoms with Gasteiger partial charge in [-0.15, -0.1) is 0 Å². The molecule has 9 heteroatoms. The minimum Gasteiger partial charge on any atom is -0.418 e. The topological polar surface area (TPSA) is 41.3 Å². The van der Waals surface area contributed by atoms with Gasteiger partial charge in [-0.1, -0.05) is 22.9 Å². The van der Waals surface area contributed by atoms with Crippen LogP contribution < -0.4 is 9.69 Å². The zero-order chi connectivity index (χ0) is 16.3. The molecule has 0 N–H and O–H groups in total. The zero-order valence-corrected chi connectivity index (χ0v) is 11.4. The first-order valence-electron chi connectivity index (χ1n) is 6.66. The normalized spacial score (nSPS) is 23.9. The zero-order valence-electron chi connectivity index (χ0n) is 11.4. The lowest BCUT2D eigenvalue weighted by Gasteiger charge is -2.13. The van der Waals surface area contributed by atoms with E-state index < -0.39 is 7.25 Å². The molecule has 2 atom stereocenters. The highest BCUT2D eigenvalue weighted by molar-refractivity contribution is 6.50. The summed E-state index contributed by atoms with van der Waals surface area (Å²) < 4.78 is 40.6. The van der Waals surface area contributed by atoms with Crippen molar-refractivity contribution < 1.29 is 31.5 Å². The van der Waals surface area contributed by atoms with Crippen LogP contribution in [0.4, 0.5) is 17.3 Å². The SMILES string of the molecule is F[B-](F)(F)F.O=C1C2CC=CCC2C(=O)N1[n+]1ccccc1. The number of carbonyl (C=O) groups excluding carboxylic acids is 2. The van der Waals surface area contributed by atoms with E-state index in [9.17, 15) is 26.9 Å². The van der Waals surface area contributed by atoms with Crippen LogP contribution in [0.15, 0.2) is 42.7 Å². The Bertz CT molecular complexity index is 559. The van der Waals surface area contributed by atoms with Crippen molar-refractivity contribution in [2.24, 2.45) is 11.8 Å². The third-order valence-corrected chi connectivity index (χ3v) is 3.42. The maximum atomic E-state index is 12.2. The molecule has 1 aromatic rings. The number of carbonyl (C=O) groups is 2. The monoisotopic (exact) mass is 316 g/mol. The molecular weight excluding hydrogens is 303 g/mol. The molecule has 2 heterocycles. The summed E-state index contributed by atoms with van der Waals surface area (Å²) in [6.45, 7) is 0. The molecule has 1 aliphatic carbocycles. The number of rotatable bonds is 1. The molecule has 1 aliphatic heterocycles. The third kappa shape index (κ3) is 3.72. The molecule has 3 rings (SSSR count). The third-order valence-electron chi connectivity index (χ3n) is 3.42. The van der Waals surface area contributed by atoms with Crippen molar-refractivity contribution in [2.75, 3.05) is 5.01 Å². The van der Waals surface area contributed by atoms with Crippen LogP contribution in [0.2, 0.25) is 0 Å². The highest BCUT2D eigenvalue weighted by Gasteiger charge is 2.52. The van der Waals surface area contributed by atoms with E-state index in [1.165, 1.54) is 5.01 Å². The Morgan fingerprint density at radius 1 is 0.909 bits per heavy atom. The predicted octanol–water partition coefficient (Wildman–Crippen LogP) is 1.86. The second kappa shape index (κ2) is 6.29. The summed E-state index contributed by atoms with van der Waals surface area (Å²) in [6, 6.07) is 5.47. The first kappa shape index (κ1) is 16.2. The molecule has 2 aliphatic rings. The van der Waals surface area contributed by atoms with Gasteiger partial charge in [0.1, 0.15) is 0 Å². The van der Waals surface area contributed by atoms with Gasteiger partial charge < -0.3 is 17.3 Å². The summed E-state index contributed by atoms with van der Waals surface area (Å²) in [4.78, 5) is 24.4. The molecule has 0 radical (unpaired) electrons. The molecular formula is C13H13BF4N2O2. The van der Waals surface area contributed by atoms with Crippen LogP contribution in [0.25, 0.3) is 0 Å². The second-order valence-electron chi connectivity index (χ2n) is 4.89. The van der Waals surface area contributed by atoms with Gasteiger partial charge in [0.15, 0.2) is 0 Å². The average Bonchev–Trinajstić information content (AvgIpc) is 2.71. The van der Waals surface area contributed by atoms with Crippen LogP contribution in [-0.4, -0.2) is 19.1 Å². The summed E-state index contributed by atoms with van der Waals surface area (Å²) in [6.07, 6.45) is 8.79.